The van der Waals surface area contributed by atoms with Gasteiger partial charge >= 0.3 is 6.09 Å². The maximum atomic E-state index is 10.7. The first-order valence-electron chi connectivity index (χ1n) is 5.08. The van der Waals surface area contributed by atoms with Crippen molar-refractivity contribution in [2.75, 3.05) is 18.2 Å². The van der Waals surface area contributed by atoms with Gasteiger partial charge in [-0.25, -0.2) is 4.79 Å². The average Bonchev–Trinajstić information content (AvgIpc) is 2.36. The van der Waals surface area contributed by atoms with Crippen molar-refractivity contribution in [3.05, 3.63) is 24.3 Å². The van der Waals surface area contributed by atoms with Gasteiger partial charge in [0.15, 0.2) is 0 Å². The van der Waals surface area contributed by atoms with E-state index in [4.69, 9.17) is 15.2 Å². The molecule has 0 saturated heterocycles. The summed E-state index contributed by atoms with van der Waals surface area (Å²) in [7, 11) is 1.53. The van der Waals surface area contributed by atoms with Crippen LogP contribution in [-0.2, 0) is 9.53 Å². The van der Waals surface area contributed by atoms with Crippen LogP contribution in [0.2, 0.25) is 0 Å². The highest BCUT2D eigenvalue weighted by Crippen LogP contribution is 2.26. The van der Waals surface area contributed by atoms with Crippen molar-refractivity contribution in [1.82, 2.24) is 0 Å². The zero-order chi connectivity index (χ0) is 13.4. The summed E-state index contributed by atoms with van der Waals surface area (Å²) in [6, 6.07) is 7.13. The Labute approximate surface area is 109 Å². The van der Waals surface area contributed by atoms with E-state index in [2.05, 4.69) is 5.32 Å². The number of carbonyl (C=O) groups is 2. The highest BCUT2D eigenvalue weighted by molar-refractivity contribution is 8.00. The minimum absolute atomic E-state index is 0.181. The average molecular weight is 270 g/mol. The minimum atomic E-state index is -0.916. The number of thioether (sulfide) groups is 1. The van der Waals surface area contributed by atoms with Gasteiger partial charge in [0.1, 0.15) is 12.0 Å². The van der Waals surface area contributed by atoms with Gasteiger partial charge < -0.3 is 25.3 Å². The predicted octanol–water partition coefficient (Wildman–Crippen LogP) is 1.42. The van der Waals surface area contributed by atoms with Crippen LogP contribution in [0.3, 0.4) is 0 Å². The third kappa shape index (κ3) is 4.54. The fraction of sp³-hybridized carbons (Fsp3) is 0.273. The number of carbonyl (C=O) groups excluding carboxylic acids is 2. The Hall–Kier alpha value is -1.89. The van der Waals surface area contributed by atoms with E-state index < -0.39 is 11.7 Å². The van der Waals surface area contributed by atoms with Gasteiger partial charge in [0, 0.05) is 0 Å². The number of rotatable bonds is 7. The first kappa shape index (κ1) is 14.2. The van der Waals surface area contributed by atoms with E-state index in [1.165, 1.54) is 7.11 Å². The van der Waals surface area contributed by atoms with Gasteiger partial charge in [0.2, 0.25) is 5.56 Å². The second kappa shape index (κ2) is 7.44. The third-order valence-corrected chi connectivity index (χ3v) is 2.76. The van der Waals surface area contributed by atoms with Crippen molar-refractivity contribution in [2.24, 2.45) is 5.73 Å². The zero-order valence-electron chi connectivity index (χ0n) is 9.79. The maximum Gasteiger partial charge on any atom is 0.407 e. The van der Waals surface area contributed by atoms with Crippen LogP contribution in [0.25, 0.3) is 0 Å². The molecule has 0 aliphatic rings. The monoisotopic (exact) mass is 270 g/mol. The molecule has 98 valence electrons. The lowest BCUT2D eigenvalue weighted by Gasteiger charge is -2.19. The van der Waals surface area contributed by atoms with Crippen LogP contribution >= 0.6 is 11.8 Å². The number of para-hydroxylation sites is 2. The molecule has 0 aromatic heterocycles. The Bertz CT molecular complexity index is 414. The number of benzene rings is 1. The standard InChI is InChI=1S/C11H14N2O4S/c1-16-9-5-3-2-4-8(9)13-11(17-10(12)15)18-7-6-14/h2-6,11,13H,7H2,1H3,(H2,12,15). The second-order valence-electron chi connectivity index (χ2n) is 3.11. The molecule has 1 atom stereocenters. The van der Waals surface area contributed by atoms with Crippen LogP contribution in [0, 0.1) is 0 Å². The van der Waals surface area contributed by atoms with E-state index in [1.807, 2.05) is 6.07 Å². The largest absolute Gasteiger partial charge is 0.495 e. The summed E-state index contributed by atoms with van der Waals surface area (Å²) in [5, 5.41) is 2.92. The molecular formula is C11H14N2O4S. The van der Waals surface area contributed by atoms with Crippen molar-refractivity contribution >= 4 is 29.8 Å². The van der Waals surface area contributed by atoms with Crippen molar-refractivity contribution in [2.45, 2.75) is 5.56 Å². The fourth-order valence-electron chi connectivity index (χ4n) is 1.23. The minimum Gasteiger partial charge on any atom is -0.495 e. The lowest BCUT2D eigenvalue weighted by Crippen LogP contribution is -2.27. The van der Waals surface area contributed by atoms with Crippen LogP contribution in [-0.4, -0.2) is 30.8 Å². The summed E-state index contributed by atoms with van der Waals surface area (Å²) in [6.45, 7) is 0. The molecule has 18 heavy (non-hydrogen) atoms. The Morgan fingerprint density at radius 1 is 1.56 bits per heavy atom. The molecule has 0 aliphatic heterocycles. The number of nitrogens with one attached hydrogen (secondary N) is 1. The van der Waals surface area contributed by atoms with Crippen LogP contribution in [0.15, 0.2) is 24.3 Å². The van der Waals surface area contributed by atoms with Crippen LogP contribution < -0.4 is 15.8 Å². The fourth-order valence-corrected chi connectivity index (χ4v) is 1.85. The summed E-state index contributed by atoms with van der Waals surface area (Å²) in [4.78, 5) is 21.1. The molecule has 1 amide bonds. The molecule has 1 rings (SSSR count). The molecule has 0 fully saturated rings. The molecule has 0 saturated carbocycles. The summed E-state index contributed by atoms with van der Waals surface area (Å²) >= 11 is 1.11. The summed E-state index contributed by atoms with van der Waals surface area (Å²) < 4.78 is 9.97. The molecule has 0 spiro atoms. The number of hydrogen-bond acceptors (Lipinski definition) is 6. The molecular weight excluding hydrogens is 256 g/mol. The summed E-state index contributed by atoms with van der Waals surface area (Å²) in [6.07, 6.45) is -0.202. The predicted molar refractivity (Wildman–Crippen MR) is 69.6 cm³/mol. The Kier molecular flexibility index (Phi) is 5.86. The molecule has 7 heteroatoms. The molecule has 1 unspecified atom stereocenters. The smallest absolute Gasteiger partial charge is 0.407 e. The number of aldehydes is 1. The van der Waals surface area contributed by atoms with Gasteiger partial charge in [-0.2, -0.15) is 0 Å². The number of primary amides is 1. The third-order valence-electron chi connectivity index (χ3n) is 1.92. The van der Waals surface area contributed by atoms with Crippen molar-refractivity contribution in [1.29, 1.82) is 0 Å². The molecule has 0 heterocycles. The first-order chi connectivity index (χ1) is 8.67. The van der Waals surface area contributed by atoms with Crippen LogP contribution in [0.4, 0.5) is 10.5 Å². The van der Waals surface area contributed by atoms with Crippen molar-refractivity contribution < 1.29 is 19.1 Å². The second-order valence-corrected chi connectivity index (χ2v) is 4.21. The molecule has 0 bridgehead atoms. The first-order valence-corrected chi connectivity index (χ1v) is 6.13. The Balaban J connectivity index is 2.74. The zero-order valence-corrected chi connectivity index (χ0v) is 10.6. The van der Waals surface area contributed by atoms with Gasteiger partial charge in [-0.15, -0.1) is 0 Å². The van der Waals surface area contributed by atoms with E-state index >= 15 is 0 Å². The van der Waals surface area contributed by atoms with E-state index in [0.29, 0.717) is 17.7 Å². The lowest BCUT2D eigenvalue weighted by molar-refractivity contribution is -0.105. The highest BCUT2D eigenvalue weighted by atomic mass is 32.2. The number of nitrogens with two attached hydrogens (primary N) is 1. The number of hydrogen-bond donors (Lipinski definition) is 2. The van der Waals surface area contributed by atoms with E-state index in [0.717, 1.165) is 11.8 Å². The van der Waals surface area contributed by atoms with E-state index in [1.54, 1.807) is 18.2 Å². The van der Waals surface area contributed by atoms with Gasteiger partial charge in [0.25, 0.3) is 0 Å². The van der Waals surface area contributed by atoms with Gasteiger partial charge in [0.05, 0.1) is 18.6 Å². The number of ether oxygens (including phenoxy) is 2. The maximum absolute atomic E-state index is 10.7. The SMILES string of the molecule is COc1ccccc1NC(OC(N)=O)SCC=O. The molecule has 6 nitrogen and oxygen atoms in total. The van der Waals surface area contributed by atoms with Crippen LogP contribution in [0.5, 0.6) is 5.75 Å². The van der Waals surface area contributed by atoms with Crippen LogP contribution in [0.1, 0.15) is 0 Å². The topological polar surface area (TPSA) is 90.7 Å². The quantitative estimate of drug-likeness (QED) is 0.575. The van der Waals surface area contributed by atoms with Crippen molar-refractivity contribution in [3.63, 3.8) is 0 Å². The molecule has 0 aliphatic carbocycles. The number of anilines is 1. The van der Waals surface area contributed by atoms with Crippen molar-refractivity contribution in [3.8, 4) is 5.75 Å². The summed E-state index contributed by atoms with van der Waals surface area (Å²) in [5.74, 6) is 0.780. The number of methoxy groups -OCH3 is 1. The molecule has 1 aromatic carbocycles. The van der Waals surface area contributed by atoms with Gasteiger partial charge in [-0.05, 0) is 12.1 Å². The molecule has 3 N–H and O–H groups in total. The summed E-state index contributed by atoms with van der Waals surface area (Å²) in [5.41, 5.74) is 4.85. The van der Waals surface area contributed by atoms with E-state index in [-0.39, 0.29) is 5.75 Å². The molecule has 0 radical (unpaired) electrons. The highest BCUT2D eigenvalue weighted by Gasteiger charge is 2.14. The molecule has 1 aromatic rings. The normalized spacial score (nSPS) is 11.4. The van der Waals surface area contributed by atoms with Gasteiger partial charge in [-0.1, -0.05) is 23.9 Å². The Morgan fingerprint density at radius 3 is 2.89 bits per heavy atom. The van der Waals surface area contributed by atoms with Gasteiger partial charge in [-0.3, -0.25) is 0 Å². The van der Waals surface area contributed by atoms with E-state index in [9.17, 15) is 9.59 Å². The number of amides is 1. The Morgan fingerprint density at radius 2 is 2.28 bits per heavy atom. The lowest BCUT2D eigenvalue weighted by atomic mass is 10.3.